The molecule has 0 aliphatic carbocycles. The van der Waals surface area contributed by atoms with Gasteiger partial charge in [0, 0.05) is 29.8 Å². The maximum atomic E-state index is 13.0. The fraction of sp³-hybridized carbons (Fsp3) is 0.0833. The Morgan fingerprint density at radius 1 is 1.03 bits per heavy atom. The van der Waals surface area contributed by atoms with Crippen molar-refractivity contribution in [3.8, 4) is 11.5 Å². The highest BCUT2D eigenvalue weighted by atomic mass is 16.6. The number of amides is 1. The second-order valence-corrected chi connectivity index (χ2v) is 7.41. The zero-order valence-electron chi connectivity index (χ0n) is 17.3. The fourth-order valence-corrected chi connectivity index (χ4v) is 3.74. The summed E-state index contributed by atoms with van der Waals surface area (Å²) in [7, 11) is 0. The second-order valence-electron chi connectivity index (χ2n) is 7.41. The molecule has 1 atom stereocenters. The van der Waals surface area contributed by atoms with Crippen LogP contribution < -0.4 is 10.9 Å². The minimum absolute atomic E-state index is 0.0200. The van der Waals surface area contributed by atoms with Gasteiger partial charge in [-0.1, -0.05) is 30.3 Å². The molecular weight excluding hydrogens is 428 g/mol. The molecule has 3 aromatic carbocycles. The molecule has 4 aromatic rings. The van der Waals surface area contributed by atoms with Gasteiger partial charge in [-0.25, -0.2) is 4.79 Å². The van der Waals surface area contributed by atoms with Gasteiger partial charge in [-0.2, -0.15) is 0 Å². The third kappa shape index (κ3) is 4.11. The molecule has 9 nitrogen and oxygen atoms in total. The SMILES string of the molecule is Cc1cc(=O)oc2c(C(NC(=O)c3ccccc3)c3cccc([N+](=O)[O-])c3)c(O)cc(O)c12. The Labute approximate surface area is 186 Å². The van der Waals surface area contributed by atoms with Gasteiger partial charge < -0.3 is 19.9 Å². The van der Waals surface area contributed by atoms with Gasteiger partial charge >= 0.3 is 5.63 Å². The van der Waals surface area contributed by atoms with E-state index in [0.717, 1.165) is 6.07 Å². The lowest BCUT2D eigenvalue weighted by molar-refractivity contribution is -0.384. The van der Waals surface area contributed by atoms with Gasteiger partial charge in [0.05, 0.1) is 21.9 Å². The van der Waals surface area contributed by atoms with E-state index in [-0.39, 0.29) is 33.5 Å². The standard InChI is InChI=1S/C24H18N2O7/c1-13-10-19(29)33-23-20(13)17(27)12-18(28)21(23)22(15-8-5-9-16(11-15)26(31)32)25-24(30)14-6-3-2-4-7-14/h2-12,22,27-28H,1H3,(H,25,30). The second kappa shape index (κ2) is 8.46. The summed E-state index contributed by atoms with van der Waals surface area (Å²) in [5.41, 5.74) is -0.138. The van der Waals surface area contributed by atoms with Crippen molar-refractivity contribution in [1.29, 1.82) is 0 Å². The Kier molecular flexibility index (Phi) is 5.53. The average molecular weight is 446 g/mol. The summed E-state index contributed by atoms with van der Waals surface area (Å²) in [5, 5.41) is 35.4. The maximum absolute atomic E-state index is 13.0. The van der Waals surface area contributed by atoms with Crippen molar-refractivity contribution in [3.63, 3.8) is 0 Å². The first-order valence-corrected chi connectivity index (χ1v) is 9.86. The van der Waals surface area contributed by atoms with Crippen molar-refractivity contribution < 1.29 is 24.3 Å². The molecule has 1 amide bonds. The van der Waals surface area contributed by atoms with E-state index in [4.69, 9.17) is 4.42 Å². The molecule has 166 valence electrons. The molecule has 1 aromatic heterocycles. The van der Waals surface area contributed by atoms with Gasteiger partial charge in [0.2, 0.25) is 0 Å². The number of nitro benzene ring substituents is 1. The van der Waals surface area contributed by atoms with E-state index >= 15 is 0 Å². The molecular formula is C24H18N2O7. The Morgan fingerprint density at radius 3 is 2.45 bits per heavy atom. The van der Waals surface area contributed by atoms with Crippen LogP contribution in [0.15, 0.2) is 75.9 Å². The summed E-state index contributed by atoms with van der Waals surface area (Å²) in [5.74, 6) is -1.30. The van der Waals surface area contributed by atoms with Crippen molar-refractivity contribution in [1.82, 2.24) is 5.32 Å². The molecule has 0 saturated heterocycles. The molecule has 3 N–H and O–H groups in total. The highest BCUT2D eigenvalue weighted by molar-refractivity contribution is 5.96. The number of non-ortho nitro benzene ring substituents is 1. The number of phenolic OH excluding ortho intramolecular Hbond substituents is 2. The van der Waals surface area contributed by atoms with Gasteiger partial charge in [0.1, 0.15) is 11.5 Å². The lowest BCUT2D eigenvalue weighted by Crippen LogP contribution is -2.29. The molecule has 0 bridgehead atoms. The molecule has 4 rings (SSSR count). The minimum atomic E-state index is -1.15. The van der Waals surface area contributed by atoms with Gasteiger partial charge in [0.15, 0.2) is 5.58 Å². The van der Waals surface area contributed by atoms with E-state index in [1.165, 1.54) is 30.3 Å². The van der Waals surface area contributed by atoms with Gasteiger partial charge in [0.25, 0.3) is 11.6 Å². The summed E-state index contributed by atoms with van der Waals surface area (Å²) in [4.78, 5) is 35.9. The van der Waals surface area contributed by atoms with Gasteiger partial charge in [-0.05, 0) is 30.2 Å². The number of phenols is 2. The van der Waals surface area contributed by atoms with E-state index < -0.39 is 28.2 Å². The Morgan fingerprint density at radius 2 is 1.76 bits per heavy atom. The van der Waals surface area contributed by atoms with Crippen LogP contribution in [0, 0.1) is 17.0 Å². The molecule has 33 heavy (non-hydrogen) atoms. The van der Waals surface area contributed by atoms with Crippen LogP contribution in [0.3, 0.4) is 0 Å². The van der Waals surface area contributed by atoms with E-state index in [2.05, 4.69) is 5.32 Å². The molecule has 9 heteroatoms. The molecule has 0 radical (unpaired) electrons. The van der Waals surface area contributed by atoms with Crippen LogP contribution in [0.1, 0.15) is 33.1 Å². The van der Waals surface area contributed by atoms with E-state index in [1.54, 1.807) is 37.3 Å². The number of nitro groups is 1. The van der Waals surface area contributed by atoms with Crippen LogP contribution >= 0.6 is 0 Å². The number of nitrogens with zero attached hydrogens (tertiary/aromatic N) is 1. The number of fused-ring (bicyclic) bond motifs is 1. The smallest absolute Gasteiger partial charge is 0.336 e. The van der Waals surface area contributed by atoms with Gasteiger partial charge in [-0.3, -0.25) is 14.9 Å². The molecule has 1 heterocycles. The largest absolute Gasteiger partial charge is 0.507 e. The van der Waals surface area contributed by atoms with E-state index in [1.807, 2.05) is 0 Å². The minimum Gasteiger partial charge on any atom is -0.507 e. The van der Waals surface area contributed by atoms with Crippen molar-refractivity contribution in [2.75, 3.05) is 0 Å². The van der Waals surface area contributed by atoms with Crippen LogP contribution in [0.25, 0.3) is 11.0 Å². The molecule has 0 aliphatic heterocycles. The topological polar surface area (TPSA) is 143 Å². The number of benzene rings is 3. The number of carbonyl (C=O) groups excluding carboxylic acids is 1. The van der Waals surface area contributed by atoms with E-state index in [9.17, 15) is 29.9 Å². The normalized spacial score (nSPS) is 11.8. The predicted molar refractivity (Wildman–Crippen MR) is 119 cm³/mol. The number of nitrogens with one attached hydrogen (secondary N) is 1. The first-order valence-electron chi connectivity index (χ1n) is 9.86. The molecule has 0 fully saturated rings. The van der Waals surface area contributed by atoms with Crippen LogP contribution in [-0.4, -0.2) is 21.0 Å². The summed E-state index contributed by atoms with van der Waals surface area (Å²) in [6, 6.07) is 14.9. The van der Waals surface area contributed by atoms with Crippen molar-refractivity contribution >= 4 is 22.6 Å². The fourth-order valence-electron chi connectivity index (χ4n) is 3.74. The molecule has 1 unspecified atom stereocenters. The number of hydrogen-bond donors (Lipinski definition) is 3. The van der Waals surface area contributed by atoms with Crippen LogP contribution in [0.2, 0.25) is 0 Å². The number of rotatable bonds is 5. The lowest BCUT2D eigenvalue weighted by Gasteiger charge is -2.22. The zero-order chi connectivity index (χ0) is 23.7. The first kappa shape index (κ1) is 21.6. The number of hydrogen-bond acceptors (Lipinski definition) is 7. The van der Waals surface area contributed by atoms with Crippen molar-refractivity contribution in [3.05, 3.63) is 110 Å². The first-order chi connectivity index (χ1) is 15.8. The van der Waals surface area contributed by atoms with Crippen molar-refractivity contribution in [2.45, 2.75) is 13.0 Å². The third-order valence-electron chi connectivity index (χ3n) is 5.22. The van der Waals surface area contributed by atoms with Crippen molar-refractivity contribution in [2.24, 2.45) is 0 Å². The average Bonchev–Trinajstić information content (AvgIpc) is 2.78. The Balaban J connectivity index is 1.99. The monoisotopic (exact) mass is 446 g/mol. The number of carbonyl (C=O) groups is 1. The quantitative estimate of drug-likeness (QED) is 0.239. The lowest BCUT2D eigenvalue weighted by atomic mass is 9.93. The highest BCUT2D eigenvalue weighted by Gasteiger charge is 2.28. The van der Waals surface area contributed by atoms with E-state index in [0.29, 0.717) is 11.1 Å². The summed E-state index contributed by atoms with van der Waals surface area (Å²) >= 11 is 0. The van der Waals surface area contributed by atoms with Crippen LogP contribution in [0.5, 0.6) is 11.5 Å². The number of aryl methyl sites for hydroxylation is 1. The van der Waals surface area contributed by atoms with Crippen LogP contribution in [-0.2, 0) is 0 Å². The van der Waals surface area contributed by atoms with Gasteiger partial charge in [-0.15, -0.1) is 0 Å². The Hall–Kier alpha value is -4.66. The predicted octanol–water partition coefficient (Wildman–Crippen LogP) is 3.94. The Bertz CT molecular complexity index is 1440. The molecule has 0 saturated carbocycles. The molecule has 0 aliphatic rings. The third-order valence-corrected chi connectivity index (χ3v) is 5.22. The summed E-state index contributed by atoms with van der Waals surface area (Å²) in [6.07, 6.45) is 0. The summed E-state index contributed by atoms with van der Waals surface area (Å²) in [6.45, 7) is 1.59. The number of aromatic hydroxyl groups is 2. The molecule has 0 spiro atoms. The zero-order valence-corrected chi connectivity index (χ0v) is 17.3. The van der Waals surface area contributed by atoms with Crippen LogP contribution in [0.4, 0.5) is 5.69 Å². The highest BCUT2D eigenvalue weighted by Crippen LogP contribution is 2.41. The maximum Gasteiger partial charge on any atom is 0.336 e. The summed E-state index contributed by atoms with van der Waals surface area (Å²) < 4.78 is 5.34.